The minimum Gasteiger partial charge on any atom is -0.353 e. The first-order valence-electron chi connectivity index (χ1n) is 16.2. The summed E-state index contributed by atoms with van der Waals surface area (Å²) in [6, 6.07) is 11.6. The van der Waals surface area contributed by atoms with Gasteiger partial charge in [0.2, 0.25) is 0 Å². The van der Waals surface area contributed by atoms with Gasteiger partial charge in [0.25, 0.3) is 5.56 Å². The highest BCUT2D eigenvalue weighted by molar-refractivity contribution is 5.84. The molecule has 0 spiro atoms. The Bertz CT molecular complexity index is 1610. The van der Waals surface area contributed by atoms with E-state index in [0.717, 1.165) is 54.9 Å². The lowest BCUT2D eigenvalue weighted by Gasteiger charge is -2.33. The van der Waals surface area contributed by atoms with Crippen LogP contribution in [0.3, 0.4) is 0 Å². The molecule has 4 fully saturated rings. The van der Waals surface area contributed by atoms with Gasteiger partial charge in [-0.05, 0) is 99.7 Å². The zero-order valence-corrected chi connectivity index (χ0v) is 24.2. The molecule has 4 heterocycles. The molecule has 3 aliphatic carbocycles. The number of hydrogen-bond donors (Lipinski definition) is 1. The number of nitrogens with one attached hydrogen (secondary N) is 1. The third-order valence-electron chi connectivity index (χ3n) is 10.3. The summed E-state index contributed by atoms with van der Waals surface area (Å²) < 4.78 is 4.29. The number of aromatic nitrogens is 5. The van der Waals surface area contributed by atoms with Gasteiger partial charge in [0.05, 0.1) is 5.41 Å². The number of likely N-dealkylation sites (tertiary alicyclic amines) is 1. The topological polar surface area (TPSA) is 71.7 Å². The van der Waals surface area contributed by atoms with E-state index in [2.05, 4.69) is 56.1 Å². The van der Waals surface area contributed by atoms with E-state index in [1.54, 1.807) is 0 Å². The van der Waals surface area contributed by atoms with Crippen molar-refractivity contribution in [1.82, 2.24) is 29.2 Å². The van der Waals surface area contributed by atoms with Crippen molar-refractivity contribution in [2.45, 2.75) is 107 Å². The lowest BCUT2D eigenvalue weighted by Crippen LogP contribution is -2.31. The molecular formula is C34H42N6O. The summed E-state index contributed by atoms with van der Waals surface area (Å²) in [5, 5.41) is 10.3. The summed E-state index contributed by atoms with van der Waals surface area (Å²) in [5.41, 5.74) is 5.40. The Hall–Kier alpha value is -3.19. The van der Waals surface area contributed by atoms with Gasteiger partial charge in [0.15, 0.2) is 0 Å². The third-order valence-corrected chi connectivity index (χ3v) is 10.3. The van der Waals surface area contributed by atoms with Crippen LogP contribution in [-0.4, -0.2) is 42.3 Å². The molecule has 4 aromatic rings. The maximum atomic E-state index is 14.1. The van der Waals surface area contributed by atoms with Gasteiger partial charge in [-0.1, -0.05) is 44.2 Å². The molecule has 4 aliphatic rings. The average Bonchev–Trinajstić information content (AvgIpc) is 3.94. The summed E-state index contributed by atoms with van der Waals surface area (Å²) >= 11 is 0. The third kappa shape index (κ3) is 4.66. The first kappa shape index (κ1) is 25.5. The maximum absolute atomic E-state index is 14.1. The number of hydrogen-bond acceptors (Lipinski definition) is 4. The second kappa shape index (κ2) is 10.3. The molecule has 41 heavy (non-hydrogen) atoms. The second-order valence-corrected chi connectivity index (χ2v) is 13.3. The van der Waals surface area contributed by atoms with Crippen LogP contribution < -0.4 is 5.56 Å². The SMILES string of the molecule is O=c1c2[nH]c(CN3CCCCC3)cc2c(C2CC2)cn1-c1cccc(C2(c3nncn3C3CC3)CCCCCC2)c1. The number of aromatic amines is 1. The van der Waals surface area contributed by atoms with Gasteiger partial charge in [-0.3, -0.25) is 14.3 Å². The molecule has 3 saturated carbocycles. The van der Waals surface area contributed by atoms with Crippen molar-refractivity contribution < 1.29 is 0 Å². The Morgan fingerprint density at radius 2 is 1.71 bits per heavy atom. The van der Waals surface area contributed by atoms with E-state index in [0.29, 0.717) is 12.0 Å². The molecule has 0 bridgehead atoms. The monoisotopic (exact) mass is 550 g/mol. The van der Waals surface area contributed by atoms with E-state index in [1.165, 1.54) is 87.4 Å². The molecule has 0 atom stereocenters. The summed E-state index contributed by atoms with van der Waals surface area (Å²) in [6.07, 6.45) is 19.9. The number of pyridine rings is 1. The normalized spacial score (nSPS) is 21.8. The highest BCUT2D eigenvalue weighted by atomic mass is 16.1. The van der Waals surface area contributed by atoms with E-state index in [1.807, 2.05) is 10.9 Å². The fraction of sp³-hybridized carbons (Fsp3) is 0.559. The molecule has 7 heteroatoms. The molecule has 1 saturated heterocycles. The smallest absolute Gasteiger partial charge is 0.279 e. The van der Waals surface area contributed by atoms with Gasteiger partial charge in [-0.2, -0.15) is 0 Å². The Labute approximate surface area is 242 Å². The van der Waals surface area contributed by atoms with Crippen LogP contribution in [0.1, 0.15) is 118 Å². The zero-order chi connectivity index (χ0) is 27.4. The fourth-order valence-electron chi connectivity index (χ4n) is 7.78. The Kier molecular flexibility index (Phi) is 6.39. The Morgan fingerprint density at radius 3 is 2.46 bits per heavy atom. The summed E-state index contributed by atoms with van der Waals surface area (Å²) in [4.78, 5) is 20.2. The van der Waals surface area contributed by atoms with Crippen molar-refractivity contribution in [3.05, 3.63) is 75.9 Å². The van der Waals surface area contributed by atoms with Crippen LogP contribution in [0.25, 0.3) is 16.6 Å². The molecule has 214 valence electrons. The van der Waals surface area contributed by atoms with Crippen molar-refractivity contribution >= 4 is 10.9 Å². The standard InChI is InChI=1S/C34H42N6O/c41-32-31-29(20-26(36-31)21-38-17-6-3-7-18-38)30(24-11-12-24)22-39(32)28-10-8-9-25(19-28)34(15-4-1-2-5-16-34)33-37-35-23-40(33)27-13-14-27/h8-10,19-20,22-24,27,36H,1-7,11-18,21H2. The Morgan fingerprint density at radius 1 is 0.927 bits per heavy atom. The van der Waals surface area contributed by atoms with E-state index >= 15 is 0 Å². The first-order chi connectivity index (χ1) is 20.2. The first-order valence-corrected chi connectivity index (χ1v) is 16.2. The van der Waals surface area contributed by atoms with Crippen LogP contribution >= 0.6 is 0 Å². The molecule has 0 radical (unpaired) electrons. The molecule has 0 amide bonds. The van der Waals surface area contributed by atoms with Gasteiger partial charge >= 0.3 is 0 Å². The molecule has 1 aliphatic heterocycles. The fourth-order valence-corrected chi connectivity index (χ4v) is 7.78. The van der Waals surface area contributed by atoms with Crippen LogP contribution in [0.5, 0.6) is 0 Å². The number of fused-ring (bicyclic) bond motifs is 1. The van der Waals surface area contributed by atoms with Crippen molar-refractivity contribution in [3.63, 3.8) is 0 Å². The molecule has 1 aromatic carbocycles. The van der Waals surface area contributed by atoms with Gasteiger partial charge in [0, 0.05) is 35.6 Å². The zero-order valence-electron chi connectivity index (χ0n) is 24.2. The number of H-pyrrole nitrogens is 1. The second-order valence-electron chi connectivity index (χ2n) is 13.3. The minimum atomic E-state index is -0.160. The molecule has 7 nitrogen and oxygen atoms in total. The lowest BCUT2D eigenvalue weighted by atomic mass is 9.73. The average molecular weight is 551 g/mol. The van der Waals surface area contributed by atoms with Gasteiger partial charge in [-0.15, -0.1) is 10.2 Å². The number of benzene rings is 1. The van der Waals surface area contributed by atoms with E-state index in [4.69, 9.17) is 5.10 Å². The van der Waals surface area contributed by atoms with Gasteiger partial charge < -0.3 is 9.55 Å². The molecule has 1 N–H and O–H groups in total. The van der Waals surface area contributed by atoms with Crippen LogP contribution in [0.4, 0.5) is 0 Å². The highest BCUT2D eigenvalue weighted by Gasteiger charge is 2.41. The van der Waals surface area contributed by atoms with Crippen LogP contribution in [0.2, 0.25) is 0 Å². The molecular weight excluding hydrogens is 508 g/mol. The predicted octanol–water partition coefficient (Wildman–Crippen LogP) is 6.75. The van der Waals surface area contributed by atoms with Crippen molar-refractivity contribution in [2.75, 3.05) is 13.1 Å². The molecule has 0 unspecified atom stereocenters. The van der Waals surface area contributed by atoms with Crippen LogP contribution in [0.15, 0.2) is 47.7 Å². The number of rotatable bonds is 7. The van der Waals surface area contributed by atoms with Crippen molar-refractivity contribution in [1.29, 1.82) is 0 Å². The van der Waals surface area contributed by atoms with Gasteiger partial charge in [-0.25, -0.2) is 0 Å². The minimum absolute atomic E-state index is 0.0579. The number of piperidine rings is 1. The number of nitrogens with zero attached hydrogens (tertiary/aromatic N) is 5. The molecule has 3 aromatic heterocycles. The van der Waals surface area contributed by atoms with Crippen molar-refractivity contribution in [3.8, 4) is 5.69 Å². The summed E-state index contributed by atoms with van der Waals surface area (Å²) in [7, 11) is 0. The Balaban J connectivity index is 1.22. The van der Waals surface area contributed by atoms with Crippen molar-refractivity contribution in [2.24, 2.45) is 0 Å². The van der Waals surface area contributed by atoms with Crippen LogP contribution in [0, 0.1) is 0 Å². The lowest BCUT2D eigenvalue weighted by molar-refractivity contribution is 0.219. The quantitative estimate of drug-likeness (QED) is 0.259. The van der Waals surface area contributed by atoms with E-state index in [9.17, 15) is 4.79 Å². The van der Waals surface area contributed by atoms with Crippen LogP contribution in [-0.2, 0) is 12.0 Å². The maximum Gasteiger partial charge on any atom is 0.279 e. The van der Waals surface area contributed by atoms with E-state index in [-0.39, 0.29) is 11.0 Å². The summed E-state index contributed by atoms with van der Waals surface area (Å²) in [5.74, 6) is 1.68. The van der Waals surface area contributed by atoms with E-state index < -0.39 is 0 Å². The predicted molar refractivity (Wildman–Crippen MR) is 162 cm³/mol. The largest absolute Gasteiger partial charge is 0.353 e. The summed E-state index contributed by atoms with van der Waals surface area (Å²) in [6.45, 7) is 3.20. The molecule has 8 rings (SSSR count). The highest BCUT2D eigenvalue weighted by Crippen LogP contribution is 2.47. The van der Waals surface area contributed by atoms with Gasteiger partial charge in [0.1, 0.15) is 17.7 Å².